The van der Waals surface area contributed by atoms with E-state index in [-0.39, 0.29) is 12.1 Å². The van der Waals surface area contributed by atoms with Gasteiger partial charge in [-0.05, 0) is 25.7 Å². The van der Waals surface area contributed by atoms with Crippen molar-refractivity contribution in [2.75, 3.05) is 0 Å². The number of carbonyl (C=O) groups is 1. The van der Waals surface area contributed by atoms with E-state index in [1.807, 2.05) is 0 Å². The number of rotatable bonds is 1. The molecule has 1 saturated heterocycles. The zero-order chi connectivity index (χ0) is 14.5. The van der Waals surface area contributed by atoms with Crippen molar-refractivity contribution in [2.45, 2.75) is 109 Å². The first-order chi connectivity index (χ1) is 9.83. The van der Waals surface area contributed by atoms with Gasteiger partial charge in [-0.25, -0.2) is 0 Å². The van der Waals surface area contributed by atoms with Gasteiger partial charge in [0.15, 0.2) is 0 Å². The molecule has 0 radical (unpaired) electrons. The van der Waals surface area contributed by atoms with Crippen LogP contribution in [0.1, 0.15) is 103 Å². The largest absolute Gasteiger partial charge is 0.462 e. The van der Waals surface area contributed by atoms with Crippen LogP contribution in [0.2, 0.25) is 0 Å². The molecule has 0 spiro atoms. The molecule has 0 bridgehead atoms. The van der Waals surface area contributed by atoms with Crippen molar-refractivity contribution in [3.05, 3.63) is 0 Å². The highest BCUT2D eigenvalue weighted by atomic mass is 16.5. The highest BCUT2D eigenvalue weighted by molar-refractivity contribution is 5.69. The van der Waals surface area contributed by atoms with Crippen molar-refractivity contribution in [3.8, 4) is 0 Å². The Morgan fingerprint density at radius 1 is 0.800 bits per heavy atom. The topological polar surface area (TPSA) is 26.3 Å². The summed E-state index contributed by atoms with van der Waals surface area (Å²) in [6.45, 7) is 2.13. The molecule has 0 aromatic rings. The van der Waals surface area contributed by atoms with E-state index in [0.717, 1.165) is 19.3 Å². The third kappa shape index (κ3) is 9.39. The van der Waals surface area contributed by atoms with Crippen LogP contribution < -0.4 is 0 Å². The summed E-state index contributed by atoms with van der Waals surface area (Å²) in [7, 11) is 0. The summed E-state index contributed by atoms with van der Waals surface area (Å²) in [6, 6.07) is 0. The first-order valence-corrected chi connectivity index (χ1v) is 9.02. The molecule has 1 fully saturated rings. The van der Waals surface area contributed by atoms with Crippen molar-refractivity contribution in [2.24, 2.45) is 0 Å². The number of hydrogen-bond donors (Lipinski definition) is 0. The summed E-state index contributed by atoms with van der Waals surface area (Å²) < 4.78 is 5.59. The van der Waals surface area contributed by atoms with Gasteiger partial charge in [-0.3, -0.25) is 4.79 Å². The van der Waals surface area contributed by atoms with Crippen LogP contribution in [0.4, 0.5) is 0 Å². The third-order valence-electron chi connectivity index (χ3n) is 4.41. The van der Waals surface area contributed by atoms with Crippen LogP contribution in [0, 0.1) is 0 Å². The fraction of sp³-hybridized carbons (Fsp3) is 0.944. The lowest BCUT2D eigenvalue weighted by Crippen LogP contribution is -2.17. The summed E-state index contributed by atoms with van der Waals surface area (Å²) in [5.74, 6) is 0.0289. The lowest BCUT2D eigenvalue weighted by molar-refractivity contribution is -0.149. The van der Waals surface area contributed by atoms with E-state index in [4.69, 9.17) is 4.74 Å². The smallest absolute Gasteiger partial charge is 0.306 e. The van der Waals surface area contributed by atoms with Crippen LogP contribution in [-0.4, -0.2) is 12.1 Å². The van der Waals surface area contributed by atoms with Gasteiger partial charge < -0.3 is 4.74 Å². The molecule has 2 heteroatoms. The maximum absolute atomic E-state index is 11.8. The van der Waals surface area contributed by atoms with Crippen molar-refractivity contribution in [3.63, 3.8) is 0 Å². The predicted octanol–water partition coefficient (Wildman–Crippen LogP) is 5.78. The van der Waals surface area contributed by atoms with Crippen LogP contribution in [0.25, 0.3) is 0 Å². The average molecular weight is 282 g/mol. The Hall–Kier alpha value is -0.530. The molecule has 1 heterocycles. The number of carbonyl (C=O) groups excluding carboxylic acids is 1. The molecule has 1 aliphatic rings. The normalized spacial score (nSPS) is 25.6. The van der Waals surface area contributed by atoms with E-state index in [0.29, 0.717) is 6.42 Å². The molecule has 0 aromatic heterocycles. The van der Waals surface area contributed by atoms with Gasteiger partial charge in [0.05, 0.1) is 0 Å². The molecule has 20 heavy (non-hydrogen) atoms. The third-order valence-corrected chi connectivity index (χ3v) is 4.41. The molecule has 0 saturated carbocycles. The van der Waals surface area contributed by atoms with Crippen molar-refractivity contribution < 1.29 is 9.53 Å². The van der Waals surface area contributed by atoms with Crippen LogP contribution in [0.15, 0.2) is 0 Å². The lowest BCUT2D eigenvalue weighted by Gasteiger charge is -2.16. The Morgan fingerprint density at radius 2 is 1.25 bits per heavy atom. The highest BCUT2D eigenvalue weighted by Gasteiger charge is 2.12. The zero-order valence-electron chi connectivity index (χ0n) is 13.5. The second kappa shape index (κ2) is 12.2. The molecule has 0 N–H and O–H groups in total. The molecule has 0 aromatic carbocycles. The Morgan fingerprint density at radius 3 is 1.75 bits per heavy atom. The number of cyclic esters (lactones) is 1. The van der Waals surface area contributed by atoms with Gasteiger partial charge in [0.1, 0.15) is 6.10 Å². The van der Waals surface area contributed by atoms with E-state index < -0.39 is 0 Å². The monoisotopic (exact) mass is 282 g/mol. The maximum atomic E-state index is 11.8. The van der Waals surface area contributed by atoms with E-state index in [9.17, 15) is 4.79 Å². The number of ether oxygens (including phenoxy) is 1. The molecule has 118 valence electrons. The van der Waals surface area contributed by atoms with Gasteiger partial charge in [0.25, 0.3) is 0 Å². The highest BCUT2D eigenvalue weighted by Crippen LogP contribution is 2.16. The molecular formula is C18H34O2. The van der Waals surface area contributed by atoms with Crippen molar-refractivity contribution in [1.29, 1.82) is 0 Å². The molecule has 1 rings (SSSR count). The van der Waals surface area contributed by atoms with Crippen molar-refractivity contribution in [1.82, 2.24) is 0 Å². The first-order valence-electron chi connectivity index (χ1n) is 9.02. The first kappa shape index (κ1) is 17.5. The Kier molecular flexibility index (Phi) is 10.7. The van der Waals surface area contributed by atoms with Crippen LogP contribution >= 0.6 is 0 Å². The summed E-state index contributed by atoms with van der Waals surface area (Å²) in [5, 5.41) is 0. The molecular weight excluding hydrogens is 248 g/mol. The molecule has 0 amide bonds. The van der Waals surface area contributed by atoms with Gasteiger partial charge >= 0.3 is 5.97 Å². The Labute approximate surface area is 125 Å². The number of esters is 1. The van der Waals surface area contributed by atoms with E-state index in [2.05, 4.69) is 6.92 Å². The summed E-state index contributed by atoms with van der Waals surface area (Å²) in [6.07, 6.45) is 18.5. The van der Waals surface area contributed by atoms with Crippen molar-refractivity contribution >= 4 is 5.97 Å². The summed E-state index contributed by atoms with van der Waals surface area (Å²) in [5.41, 5.74) is 0. The SMILES string of the molecule is CCC1CCCCCCCCCCCCCCC(=O)O1. The van der Waals surface area contributed by atoms with Gasteiger partial charge in [-0.1, -0.05) is 71.1 Å². The fourth-order valence-electron chi connectivity index (χ4n) is 3.00. The molecule has 1 aliphatic heterocycles. The second-order valence-electron chi connectivity index (χ2n) is 6.30. The lowest BCUT2D eigenvalue weighted by atomic mass is 10.0. The minimum Gasteiger partial charge on any atom is -0.462 e. The molecule has 1 unspecified atom stereocenters. The van der Waals surface area contributed by atoms with Crippen LogP contribution in [0.3, 0.4) is 0 Å². The van der Waals surface area contributed by atoms with E-state index in [1.165, 1.54) is 70.6 Å². The molecule has 1 atom stereocenters. The van der Waals surface area contributed by atoms with Gasteiger partial charge in [0, 0.05) is 6.42 Å². The van der Waals surface area contributed by atoms with E-state index >= 15 is 0 Å². The molecule has 0 aliphatic carbocycles. The average Bonchev–Trinajstić information content (AvgIpc) is 2.45. The predicted molar refractivity (Wildman–Crippen MR) is 84.8 cm³/mol. The fourth-order valence-corrected chi connectivity index (χ4v) is 3.00. The summed E-state index contributed by atoms with van der Waals surface area (Å²) >= 11 is 0. The minimum absolute atomic E-state index is 0.0289. The van der Waals surface area contributed by atoms with Crippen LogP contribution in [0.5, 0.6) is 0 Å². The zero-order valence-corrected chi connectivity index (χ0v) is 13.5. The quantitative estimate of drug-likeness (QED) is 0.569. The minimum atomic E-state index is 0.0289. The Balaban J connectivity index is 2.27. The Bertz CT molecular complexity index is 238. The van der Waals surface area contributed by atoms with Gasteiger partial charge in [0.2, 0.25) is 0 Å². The summed E-state index contributed by atoms with van der Waals surface area (Å²) in [4.78, 5) is 11.8. The van der Waals surface area contributed by atoms with Gasteiger partial charge in [-0.15, -0.1) is 0 Å². The van der Waals surface area contributed by atoms with Crippen LogP contribution in [-0.2, 0) is 9.53 Å². The molecule has 2 nitrogen and oxygen atoms in total. The van der Waals surface area contributed by atoms with E-state index in [1.54, 1.807) is 0 Å². The van der Waals surface area contributed by atoms with Gasteiger partial charge in [-0.2, -0.15) is 0 Å². The standard InChI is InChI=1S/C18H34O2/c1-2-17-15-13-11-9-7-5-3-4-6-8-10-12-14-16-18(19)20-17/h17H,2-16H2,1H3. The second-order valence-corrected chi connectivity index (χ2v) is 6.30. The maximum Gasteiger partial charge on any atom is 0.306 e. The number of hydrogen-bond acceptors (Lipinski definition) is 2.